The van der Waals surface area contributed by atoms with Crippen molar-refractivity contribution in [2.75, 3.05) is 6.61 Å². The average Bonchev–Trinajstić information content (AvgIpc) is 2.48. The van der Waals surface area contributed by atoms with E-state index in [0.29, 0.717) is 6.42 Å². The number of rotatable bonds is 6. The Bertz CT molecular complexity index is 548. The summed E-state index contributed by atoms with van der Waals surface area (Å²) in [5.74, 6) is -1.58. The molecule has 4 atom stereocenters. The van der Waals surface area contributed by atoms with Crippen molar-refractivity contribution in [2.45, 2.75) is 110 Å². The minimum absolute atomic E-state index is 0.0328. The molecular formula is C22H38O6. The van der Waals surface area contributed by atoms with E-state index in [1.54, 1.807) is 0 Å². The third-order valence-electron chi connectivity index (χ3n) is 4.82. The molecule has 2 fully saturated rings. The Morgan fingerprint density at radius 1 is 0.964 bits per heavy atom. The Morgan fingerprint density at radius 3 is 1.93 bits per heavy atom. The molecule has 0 saturated carbocycles. The summed E-state index contributed by atoms with van der Waals surface area (Å²) in [4.78, 5) is 12.1. The second-order valence-electron chi connectivity index (χ2n) is 9.84. The summed E-state index contributed by atoms with van der Waals surface area (Å²) in [5.41, 5.74) is -0.526. The normalized spacial score (nSPS) is 32.5. The van der Waals surface area contributed by atoms with Crippen molar-refractivity contribution in [3.63, 3.8) is 0 Å². The smallest absolute Gasteiger partial charge is 0.311 e. The van der Waals surface area contributed by atoms with Gasteiger partial charge in [-0.2, -0.15) is 0 Å². The molecule has 2 aliphatic heterocycles. The van der Waals surface area contributed by atoms with E-state index < -0.39 is 17.0 Å². The first-order valence-corrected chi connectivity index (χ1v) is 10.3. The van der Waals surface area contributed by atoms with E-state index in [2.05, 4.69) is 6.58 Å². The Kier molecular flexibility index (Phi) is 7.35. The van der Waals surface area contributed by atoms with Gasteiger partial charge in [-0.05, 0) is 54.9 Å². The maximum absolute atomic E-state index is 12.1. The molecule has 2 aliphatic rings. The monoisotopic (exact) mass is 398 g/mol. The molecule has 0 bridgehead atoms. The van der Waals surface area contributed by atoms with Crippen LogP contribution in [0.2, 0.25) is 0 Å². The van der Waals surface area contributed by atoms with Gasteiger partial charge in [-0.25, -0.2) is 0 Å². The van der Waals surface area contributed by atoms with Gasteiger partial charge in [0.25, 0.3) is 0 Å². The van der Waals surface area contributed by atoms with E-state index in [4.69, 9.17) is 23.7 Å². The highest BCUT2D eigenvalue weighted by Gasteiger charge is 2.41. The fourth-order valence-corrected chi connectivity index (χ4v) is 3.84. The third kappa shape index (κ3) is 7.14. The van der Waals surface area contributed by atoms with Crippen molar-refractivity contribution in [2.24, 2.45) is 5.41 Å². The Labute approximate surface area is 169 Å². The van der Waals surface area contributed by atoms with Gasteiger partial charge in [0, 0.05) is 19.3 Å². The van der Waals surface area contributed by atoms with Crippen LogP contribution in [0.3, 0.4) is 0 Å². The van der Waals surface area contributed by atoms with Crippen molar-refractivity contribution in [3.05, 3.63) is 12.7 Å². The van der Waals surface area contributed by atoms with Crippen molar-refractivity contribution in [1.82, 2.24) is 0 Å². The van der Waals surface area contributed by atoms with Crippen LogP contribution in [0.5, 0.6) is 0 Å². The van der Waals surface area contributed by atoms with Gasteiger partial charge in [0.15, 0.2) is 11.6 Å². The van der Waals surface area contributed by atoms with Crippen LogP contribution in [0.1, 0.15) is 74.1 Å². The number of carbonyl (C=O) groups is 1. The number of ether oxygens (including phenoxy) is 5. The van der Waals surface area contributed by atoms with Crippen LogP contribution in [0, 0.1) is 5.41 Å². The number of hydrogen-bond acceptors (Lipinski definition) is 6. The zero-order valence-corrected chi connectivity index (χ0v) is 18.6. The molecule has 2 saturated heterocycles. The standard InChI is InChI=1S/C22H38O6/c1-9-10-15-11-16(26-21(5,6)25-15)12-17-13-18(28-22(7,8)27-17)14-24-19(23)20(2,3)4/h9,15-18H,1,10-14H2,2-8H3/t15-,16-,17-,18-/m0/s1. The lowest BCUT2D eigenvalue weighted by Gasteiger charge is -2.45. The van der Waals surface area contributed by atoms with Gasteiger partial charge in [-0.1, -0.05) is 6.08 Å². The van der Waals surface area contributed by atoms with Crippen LogP contribution in [0.4, 0.5) is 0 Å². The van der Waals surface area contributed by atoms with E-state index in [1.165, 1.54) is 0 Å². The van der Waals surface area contributed by atoms with E-state index in [9.17, 15) is 4.79 Å². The van der Waals surface area contributed by atoms with Crippen molar-refractivity contribution in [1.29, 1.82) is 0 Å². The van der Waals surface area contributed by atoms with Gasteiger partial charge in [-0.15, -0.1) is 6.58 Å². The minimum Gasteiger partial charge on any atom is -0.463 e. The molecule has 0 aromatic heterocycles. The molecule has 6 heteroatoms. The summed E-state index contributed by atoms with van der Waals surface area (Å²) in [5, 5.41) is 0. The predicted molar refractivity (Wildman–Crippen MR) is 107 cm³/mol. The maximum atomic E-state index is 12.1. The molecule has 0 amide bonds. The summed E-state index contributed by atoms with van der Waals surface area (Å²) in [6, 6.07) is 0. The van der Waals surface area contributed by atoms with E-state index >= 15 is 0 Å². The molecule has 0 unspecified atom stereocenters. The van der Waals surface area contributed by atoms with E-state index in [1.807, 2.05) is 54.5 Å². The number of esters is 1. The van der Waals surface area contributed by atoms with Gasteiger partial charge >= 0.3 is 5.97 Å². The van der Waals surface area contributed by atoms with Crippen LogP contribution in [0.25, 0.3) is 0 Å². The zero-order valence-electron chi connectivity index (χ0n) is 18.6. The Balaban J connectivity index is 1.96. The lowest BCUT2D eigenvalue weighted by Crippen LogP contribution is -2.50. The maximum Gasteiger partial charge on any atom is 0.311 e. The van der Waals surface area contributed by atoms with E-state index in [0.717, 1.165) is 19.3 Å². The largest absolute Gasteiger partial charge is 0.463 e. The molecule has 0 N–H and O–H groups in total. The lowest BCUT2D eigenvalue weighted by atomic mass is 9.96. The summed E-state index contributed by atoms with van der Waals surface area (Å²) < 4.78 is 29.7. The lowest BCUT2D eigenvalue weighted by molar-refractivity contribution is -0.326. The minimum atomic E-state index is -0.733. The van der Waals surface area contributed by atoms with Crippen molar-refractivity contribution in [3.8, 4) is 0 Å². The molecule has 2 heterocycles. The number of hydrogen-bond donors (Lipinski definition) is 0. The van der Waals surface area contributed by atoms with Crippen LogP contribution in [0.15, 0.2) is 12.7 Å². The molecule has 2 rings (SSSR count). The predicted octanol–water partition coefficient (Wildman–Crippen LogP) is 4.36. The molecular weight excluding hydrogens is 360 g/mol. The van der Waals surface area contributed by atoms with Crippen molar-refractivity contribution < 1.29 is 28.5 Å². The fourth-order valence-electron chi connectivity index (χ4n) is 3.84. The average molecular weight is 399 g/mol. The summed E-state index contributed by atoms with van der Waals surface area (Å²) in [6.07, 6.45) is 4.80. The third-order valence-corrected chi connectivity index (χ3v) is 4.82. The molecule has 0 spiro atoms. The van der Waals surface area contributed by atoms with Gasteiger partial charge < -0.3 is 23.7 Å². The molecule has 6 nitrogen and oxygen atoms in total. The SMILES string of the molecule is C=CC[C@H]1C[C@@H](C[C@H]2C[C@@H](COC(=O)C(C)(C)C)OC(C)(C)O2)OC(C)(C)O1. The van der Waals surface area contributed by atoms with E-state index in [-0.39, 0.29) is 37.0 Å². The summed E-state index contributed by atoms with van der Waals surface area (Å²) >= 11 is 0. The Hall–Kier alpha value is -0.950. The number of carbonyl (C=O) groups excluding carboxylic acids is 1. The van der Waals surface area contributed by atoms with Gasteiger partial charge in [-0.3, -0.25) is 4.79 Å². The first-order chi connectivity index (χ1) is 12.8. The highest BCUT2D eigenvalue weighted by atomic mass is 16.7. The quantitative estimate of drug-likeness (QED) is 0.489. The van der Waals surface area contributed by atoms with Gasteiger partial charge in [0.1, 0.15) is 6.61 Å². The second-order valence-corrected chi connectivity index (χ2v) is 9.84. The zero-order chi connectivity index (χ0) is 21.2. The topological polar surface area (TPSA) is 63.2 Å². The molecule has 0 aromatic carbocycles. The van der Waals surface area contributed by atoms with Crippen LogP contribution in [-0.2, 0) is 28.5 Å². The van der Waals surface area contributed by atoms with Gasteiger partial charge in [0.05, 0.1) is 29.8 Å². The summed E-state index contributed by atoms with van der Waals surface area (Å²) in [7, 11) is 0. The first kappa shape index (κ1) is 23.3. The Morgan fingerprint density at radius 2 is 1.43 bits per heavy atom. The molecule has 0 aliphatic carbocycles. The molecule has 28 heavy (non-hydrogen) atoms. The highest BCUT2D eigenvalue weighted by Crippen LogP contribution is 2.35. The van der Waals surface area contributed by atoms with Crippen LogP contribution < -0.4 is 0 Å². The molecule has 162 valence electrons. The van der Waals surface area contributed by atoms with Crippen LogP contribution in [-0.4, -0.2) is 48.6 Å². The van der Waals surface area contributed by atoms with Crippen molar-refractivity contribution >= 4 is 5.97 Å². The molecule has 0 radical (unpaired) electrons. The second kappa shape index (κ2) is 8.82. The highest BCUT2D eigenvalue weighted by molar-refractivity contribution is 5.75. The molecule has 0 aromatic rings. The first-order valence-electron chi connectivity index (χ1n) is 10.3. The van der Waals surface area contributed by atoms with Crippen LogP contribution >= 0.6 is 0 Å². The fraction of sp³-hybridized carbons (Fsp3) is 0.864. The summed E-state index contributed by atoms with van der Waals surface area (Å²) in [6.45, 7) is 17.3. The van der Waals surface area contributed by atoms with Gasteiger partial charge in [0.2, 0.25) is 0 Å².